The molecule has 6 nitrogen and oxygen atoms in total. The second-order valence-corrected chi connectivity index (χ2v) is 6.35. The minimum Gasteiger partial charge on any atom is -0.411 e. The van der Waals surface area contributed by atoms with Gasteiger partial charge < -0.3 is 9.77 Å². The van der Waals surface area contributed by atoms with Crippen molar-refractivity contribution in [3.63, 3.8) is 0 Å². The zero-order valence-corrected chi connectivity index (χ0v) is 11.4. The Morgan fingerprint density at radius 1 is 1.56 bits per heavy atom. The Labute approximate surface area is 111 Å². The molecule has 18 heavy (non-hydrogen) atoms. The summed E-state index contributed by atoms with van der Waals surface area (Å²) in [5, 5.41) is 12.2. The van der Waals surface area contributed by atoms with Gasteiger partial charge in [-0.1, -0.05) is 5.16 Å². The van der Waals surface area contributed by atoms with E-state index in [9.17, 15) is 8.42 Å². The highest BCUT2D eigenvalue weighted by Gasteiger charge is 2.36. The molecule has 1 aromatic heterocycles. The molecule has 8 heteroatoms. The van der Waals surface area contributed by atoms with E-state index in [0.29, 0.717) is 30.3 Å². The summed E-state index contributed by atoms with van der Waals surface area (Å²) in [6.07, 6.45) is 2.19. The number of hydrogen-bond acceptors (Lipinski definition) is 4. The number of alkyl halides is 1. The van der Waals surface area contributed by atoms with E-state index in [4.69, 9.17) is 16.8 Å². The van der Waals surface area contributed by atoms with Crippen LogP contribution in [0.25, 0.3) is 0 Å². The van der Waals surface area contributed by atoms with Crippen LogP contribution in [-0.4, -0.2) is 47.2 Å². The van der Waals surface area contributed by atoms with Crippen LogP contribution in [0.3, 0.4) is 0 Å². The Bertz CT molecular complexity index is 579. The van der Waals surface area contributed by atoms with Gasteiger partial charge in [0.15, 0.2) is 0 Å². The van der Waals surface area contributed by atoms with Crippen LogP contribution in [-0.2, 0) is 17.1 Å². The Morgan fingerprint density at radius 3 is 2.89 bits per heavy atom. The Hall–Kier alpha value is -1.05. The third-order valence-corrected chi connectivity index (χ3v) is 5.06. The zero-order chi connectivity index (χ0) is 13.3. The molecular weight excluding hydrogens is 278 g/mol. The molecule has 2 rings (SSSR count). The summed E-state index contributed by atoms with van der Waals surface area (Å²) < 4.78 is 27.6. The van der Waals surface area contributed by atoms with Crippen molar-refractivity contribution in [1.29, 1.82) is 0 Å². The molecule has 0 saturated carbocycles. The fourth-order valence-corrected chi connectivity index (χ4v) is 3.84. The topological polar surface area (TPSA) is 74.9 Å². The number of sulfonamides is 1. The average molecular weight is 292 g/mol. The lowest BCUT2D eigenvalue weighted by Crippen LogP contribution is -2.42. The van der Waals surface area contributed by atoms with E-state index in [2.05, 4.69) is 5.16 Å². The van der Waals surface area contributed by atoms with Crippen molar-refractivity contribution in [1.82, 2.24) is 8.87 Å². The van der Waals surface area contributed by atoms with Gasteiger partial charge in [-0.25, -0.2) is 8.42 Å². The number of rotatable bonds is 3. The minimum absolute atomic E-state index is 0.0700. The van der Waals surface area contributed by atoms with Gasteiger partial charge in [-0.3, -0.25) is 0 Å². The fourth-order valence-electron chi connectivity index (χ4n) is 2.04. The Morgan fingerprint density at radius 2 is 2.28 bits per heavy atom. The van der Waals surface area contributed by atoms with Crippen molar-refractivity contribution in [2.45, 2.75) is 11.3 Å². The summed E-state index contributed by atoms with van der Waals surface area (Å²) in [6, 6.07) is 1.52. The zero-order valence-electron chi connectivity index (χ0n) is 9.87. The molecular formula is C10H14ClN3O3S. The molecule has 0 amide bonds. The quantitative estimate of drug-likeness (QED) is 0.509. The van der Waals surface area contributed by atoms with Crippen molar-refractivity contribution in [2.75, 3.05) is 19.0 Å². The van der Waals surface area contributed by atoms with E-state index >= 15 is 0 Å². The third kappa shape index (κ3) is 2.02. The molecule has 2 heterocycles. The Balaban J connectivity index is 2.50. The van der Waals surface area contributed by atoms with Gasteiger partial charge in [-0.2, -0.15) is 4.31 Å². The maximum Gasteiger partial charge on any atom is 0.245 e. The Kier molecular flexibility index (Phi) is 3.65. The molecule has 100 valence electrons. The second-order valence-electron chi connectivity index (χ2n) is 4.07. The lowest BCUT2D eigenvalue weighted by atomic mass is 10.2. The number of nitrogens with zero attached hydrogens (tertiary/aromatic N) is 3. The van der Waals surface area contributed by atoms with Gasteiger partial charge in [0.1, 0.15) is 10.6 Å². The van der Waals surface area contributed by atoms with Crippen LogP contribution >= 0.6 is 11.6 Å². The average Bonchev–Trinajstić information content (AvgIpc) is 2.72. The number of fused-ring (bicyclic) bond motifs is 1. The third-order valence-electron chi connectivity index (χ3n) is 2.91. The largest absolute Gasteiger partial charge is 0.411 e. The molecule has 0 bridgehead atoms. The van der Waals surface area contributed by atoms with Crippen LogP contribution in [0.1, 0.15) is 12.1 Å². The van der Waals surface area contributed by atoms with Crippen LogP contribution in [0, 0.1) is 0 Å². The van der Waals surface area contributed by atoms with E-state index in [1.807, 2.05) is 0 Å². The molecule has 0 aromatic carbocycles. The van der Waals surface area contributed by atoms with Crippen molar-refractivity contribution < 1.29 is 13.6 Å². The first-order valence-corrected chi connectivity index (χ1v) is 7.42. The normalized spacial score (nSPS) is 21.1. The molecule has 0 saturated heterocycles. The van der Waals surface area contributed by atoms with Crippen molar-refractivity contribution >= 4 is 27.3 Å². The smallest absolute Gasteiger partial charge is 0.245 e. The summed E-state index contributed by atoms with van der Waals surface area (Å²) in [5.74, 6) is 0.388. The van der Waals surface area contributed by atoms with Crippen molar-refractivity contribution in [3.05, 3.63) is 18.0 Å². The monoisotopic (exact) mass is 291 g/mol. The molecule has 1 aromatic rings. The summed E-state index contributed by atoms with van der Waals surface area (Å²) in [4.78, 5) is 0.179. The van der Waals surface area contributed by atoms with Gasteiger partial charge >= 0.3 is 0 Å². The first-order chi connectivity index (χ1) is 8.52. The van der Waals surface area contributed by atoms with Crippen LogP contribution in [0.2, 0.25) is 0 Å². The van der Waals surface area contributed by atoms with E-state index < -0.39 is 10.0 Å². The van der Waals surface area contributed by atoms with Gasteiger partial charge in [0, 0.05) is 25.7 Å². The molecule has 0 unspecified atom stereocenters. The minimum atomic E-state index is -3.52. The first-order valence-electron chi connectivity index (χ1n) is 5.45. The van der Waals surface area contributed by atoms with E-state index in [1.165, 1.54) is 10.4 Å². The van der Waals surface area contributed by atoms with Crippen LogP contribution in [0.15, 0.2) is 22.3 Å². The fraction of sp³-hybridized carbons (Fsp3) is 0.500. The van der Waals surface area contributed by atoms with Gasteiger partial charge in [0.05, 0.1) is 12.2 Å². The predicted octanol–water partition coefficient (Wildman–Crippen LogP) is 0.837. The summed E-state index contributed by atoms with van der Waals surface area (Å²) in [7, 11) is -1.80. The first kappa shape index (κ1) is 13.4. The van der Waals surface area contributed by atoms with Crippen LogP contribution in [0.5, 0.6) is 0 Å². The number of aryl methyl sites for hydroxylation is 1. The van der Waals surface area contributed by atoms with Gasteiger partial charge in [0.25, 0.3) is 0 Å². The van der Waals surface area contributed by atoms with Crippen LogP contribution in [0.4, 0.5) is 0 Å². The number of hydrogen-bond donors (Lipinski definition) is 1. The lowest BCUT2D eigenvalue weighted by molar-refractivity contribution is 0.314. The second kappa shape index (κ2) is 4.91. The van der Waals surface area contributed by atoms with Gasteiger partial charge in [-0.15, -0.1) is 11.6 Å². The highest BCUT2D eigenvalue weighted by molar-refractivity contribution is 7.89. The van der Waals surface area contributed by atoms with E-state index in [0.717, 1.165) is 0 Å². The maximum atomic E-state index is 12.3. The number of aromatic nitrogens is 1. The molecule has 0 atom stereocenters. The summed E-state index contributed by atoms with van der Waals surface area (Å²) in [5.41, 5.74) is 0.793. The van der Waals surface area contributed by atoms with Gasteiger partial charge in [0.2, 0.25) is 10.0 Å². The summed E-state index contributed by atoms with van der Waals surface area (Å²) in [6.45, 7) is 0.389. The predicted molar refractivity (Wildman–Crippen MR) is 67.8 cm³/mol. The molecule has 0 aliphatic carbocycles. The molecule has 1 aliphatic rings. The van der Waals surface area contributed by atoms with Crippen LogP contribution < -0.4 is 0 Å². The molecule has 1 aliphatic heterocycles. The molecule has 1 N–H and O–H groups in total. The van der Waals surface area contributed by atoms with Crippen molar-refractivity contribution in [2.24, 2.45) is 12.2 Å². The SMILES string of the molecule is Cn1ccc2c1/C(=N/O)CN(CCCCl)S2(=O)=O. The van der Waals surface area contributed by atoms with Crippen molar-refractivity contribution in [3.8, 4) is 0 Å². The highest BCUT2D eigenvalue weighted by atomic mass is 35.5. The molecule has 0 fully saturated rings. The molecule has 0 radical (unpaired) electrons. The summed E-state index contributed by atoms with van der Waals surface area (Å²) >= 11 is 5.58. The highest BCUT2D eigenvalue weighted by Crippen LogP contribution is 2.27. The van der Waals surface area contributed by atoms with E-state index in [1.54, 1.807) is 17.8 Å². The standard InChI is InChI=1S/C10H14ClN3O3S/c1-13-6-3-9-10(13)8(12-15)7-14(5-2-4-11)18(9,16)17/h3,6,15H,2,4-5,7H2,1H3/b12-8+. The maximum absolute atomic E-state index is 12.3. The van der Waals surface area contributed by atoms with E-state index in [-0.39, 0.29) is 11.4 Å². The number of oxime groups is 1. The lowest BCUT2D eigenvalue weighted by Gasteiger charge is -2.27. The molecule has 0 spiro atoms. The van der Waals surface area contributed by atoms with Gasteiger partial charge in [-0.05, 0) is 12.5 Å². The number of halogens is 1.